The van der Waals surface area contributed by atoms with Crippen molar-refractivity contribution in [2.24, 2.45) is 0 Å². The Morgan fingerprint density at radius 1 is 1.24 bits per heavy atom. The fourth-order valence-electron chi connectivity index (χ4n) is 1.36. The lowest BCUT2D eigenvalue weighted by molar-refractivity contribution is 0.00638. The highest BCUT2D eigenvalue weighted by Gasteiger charge is 2.39. The van der Waals surface area contributed by atoms with Gasteiger partial charge in [-0.15, -0.1) is 0 Å². The predicted octanol–water partition coefficient (Wildman–Crippen LogP) is 1.35. The molecule has 118 valence electrons. The van der Waals surface area contributed by atoms with E-state index in [0.717, 1.165) is 18.2 Å². The van der Waals surface area contributed by atoms with Crippen LogP contribution in [-0.4, -0.2) is 35.7 Å². The maximum atomic E-state index is 13.3. The molecule has 6 nitrogen and oxygen atoms in total. The van der Waals surface area contributed by atoms with Crippen LogP contribution in [0.15, 0.2) is 23.1 Å². The minimum atomic E-state index is -4.11. The summed E-state index contributed by atoms with van der Waals surface area (Å²) in [5, 5.41) is 18.8. The maximum Gasteiger partial charge on any atom is 0.338 e. The molecular formula is C13H18FNO5S. The van der Waals surface area contributed by atoms with Crippen LogP contribution in [0, 0.1) is 5.82 Å². The van der Waals surface area contributed by atoms with E-state index >= 15 is 0 Å². The van der Waals surface area contributed by atoms with Gasteiger partial charge >= 0.3 is 5.97 Å². The summed E-state index contributed by atoms with van der Waals surface area (Å²) in [5.74, 6) is -2.59. The first-order valence-corrected chi connectivity index (χ1v) is 7.55. The first-order valence-electron chi connectivity index (χ1n) is 6.07. The van der Waals surface area contributed by atoms with Gasteiger partial charge in [0.1, 0.15) is 5.82 Å². The van der Waals surface area contributed by atoms with Crippen molar-refractivity contribution in [1.82, 2.24) is 4.72 Å². The molecular weight excluding hydrogens is 301 g/mol. The number of aliphatic hydroxyl groups is 1. The highest BCUT2D eigenvalue weighted by molar-refractivity contribution is 7.89. The first kappa shape index (κ1) is 17.5. The number of hydrogen-bond donors (Lipinski definition) is 3. The molecule has 3 N–H and O–H groups in total. The summed E-state index contributed by atoms with van der Waals surface area (Å²) in [4.78, 5) is 10.5. The second-order valence-electron chi connectivity index (χ2n) is 5.74. The number of aromatic carboxylic acids is 1. The second-order valence-corrected chi connectivity index (χ2v) is 7.42. The molecule has 0 fully saturated rings. The van der Waals surface area contributed by atoms with Gasteiger partial charge in [-0.2, -0.15) is 0 Å². The van der Waals surface area contributed by atoms with Crippen molar-refractivity contribution >= 4 is 16.0 Å². The molecule has 1 rings (SSSR count). The number of benzene rings is 1. The SMILES string of the molecule is CC(C)(O)C(C)(C)NS(=O)(=O)c1ccc(F)c(C(=O)O)c1. The number of halogens is 1. The molecule has 0 heterocycles. The average Bonchev–Trinajstić information content (AvgIpc) is 2.25. The summed E-state index contributed by atoms with van der Waals surface area (Å²) in [6, 6.07) is 2.47. The Hall–Kier alpha value is -1.51. The van der Waals surface area contributed by atoms with E-state index in [-0.39, 0.29) is 0 Å². The third kappa shape index (κ3) is 3.78. The highest BCUT2D eigenvalue weighted by atomic mass is 32.2. The third-order valence-corrected chi connectivity index (χ3v) is 5.05. The van der Waals surface area contributed by atoms with Crippen molar-refractivity contribution in [3.05, 3.63) is 29.6 Å². The number of rotatable bonds is 5. The van der Waals surface area contributed by atoms with Crippen molar-refractivity contribution in [3.8, 4) is 0 Å². The molecule has 0 unspecified atom stereocenters. The van der Waals surface area contributed by atoms with Crippen LogP contribution in [-0.2, 0) is 10.0 Å². The summed E-state index contributed by atoms with van der Waals surface area (Å²) in [5.41, 5.74) is -3.32. The number of sulfonamides is 1. The standard InChI is InChI=1S/C13H18FNO5S/c1-12(2,13(3,4)18)15-21(19,20)8-5-6-10(14)9(7-8)11(16)17/h5-7,15,18H,1-4H3,(H,16,17). The Morgan fingerprint density at radius 2 is 1.76 bits per heavy atom. The Morgan fingerprint density at radius 3 is 2.19 bits per heavy atom. The topological polar surface area (TPSA) is 104 Å². The van der Waals surface area contributed by atoms with Crippen molar-refractivity contribution in [2.75, 3.05) is 0 Å². The van der Waals surface area contributed by atoms with E-state index in [0.29, 0.717) is 0 Å². The quantitative estimate of drug-likeness (QED) is 0.760. The van der Waals surface area contributed by atoms with Crippen molar-refractivity contribution in [3.63, 3.8) is 0 Å². The summed E-state index contributed by atoms with van der Waals surface area (Å²) >= 11 is 0. The van der Waals surface area contributed by atoms with Crippen LogP contribution in [0.1, 0.15) is 38.1 Å². The van der Waals surface area contributed by atoms with Gasteiger partial charge in [-0.25, -0.2) is 22.3 Å². The van der Waals surface area contributed by atoms with Crippen molar-refractivity contribution < 1.29 is 27.8 Å². The van der Waals surface area contributed by atoms with Crippen LogP contribution in [0.2, 0.25) is 0 Å². The minimum absolute atomic E-state index is 0.390. The number of nitrogens with one attached hydrogen (secondary N) is 1. The normalized spacial score (nSPS) is 13.2. The molecule has 0 saturated carbocycles. The zero-order valence-corrected chi connectivity index (χ0v) is 13.0. The van der Waals surface area contributed by atoms with E-state index < -0.39 is 43.4 Å². The lowest BCUT2D eigenvalue weighted by atomic mass is 9.87. The number of hydrogen-bond acceptors (Lipinski definition) is 4. The van der Waals surface area contributed by atoms with Gasteiger partial charge in [-0.05, 0) is 45.9 Å². The van der Waals surface area contributed by atoms with E-state index in [9.17, 15) is 22.7 Å². The van der Waals surface area contributed by atoms with Crippen LogP contribution in [0.3, 0.4) is 0 Å². The smallest absolute Gasteiger partial charge is 0.338 e. The monoisotopic (exact) mass is 319 g/mol. The largest absolute Gasteiger partial charge is 0.478 e. The first-order chi connectivity index (χ1) is 9.28. The van der Waals surface area contributed by atoms with Crippen LogP contribution < -0.4 is 4.72 Å². The molecule has 0 aliphatic heterocycles. The Balaban J connectivity index is 3.27. The average molecular weight is 319 g/mol. The minimum Gasteiger partial charge on any atom is -0.478 e. The summed E-state index contributed by atoms with van der Waals surface area (Å²) in [6.45, 7) is 5.82. The molecule has 21 heavy (non-hydrogen) atoms. The molecule has 0 aliphatic rings. The Kier molecular flexibility index (Phi) is 4.48. The van der Waals surface area contributed by atoms with E-state index in [1.54, 1.807) is 0 Å². The molecule has 0 bridgehead atoms. The van der Waals surface area contributed by atoms with Crippen LogP contribution >= 0.6 is 0 Å². The molecule has 0 amide bonds. The third-order valence-electron chi connectivity index (χ3n) is 3.40. The Labute approximate surface area is 122 Å². The van der Waals surface area contributed by atoms with Crippen LogP contribution in [0.25, 0.3) is 0 Å². The van der Waals surface area contributed by atoms with E-state index in [2.05, 4.69) is 4.72 Å². The maximum absolute atomic E-state index is 13.3. The lowest BCUT2D eigenvalue weighted by Gasteiger charge is -2.37. The summed E-state index contributed by atoms with van der Waals surface area (Å²) in [6.07, 6.45) is 0. The van der Waals surface area contributed by atoms with Gasteiger partial charge in [-0.1, -0.05) is 0 Å². The summed E-state index contributed by atoms with van der Waals surface area (Å²) in [7, 11) is -4.11. The zero-order chi connectivity index (χ0) is 16.6. The molecule has 1 aromatic rings. The van der Waals surface area contributed by atoms with Crippen molar-refractivity contribution in [2.45, 2.75) is 43.7 Å². The van der Waals surface area contributed by atoms with Gasteiger partial charge in [0.15, 0.2) is 0 Å². The van der Waals surface area contributed by atoms with Gasteiger partial charge in [0.2, 0.25) is 10.0 Å². The number of carbonyl (C=O) groups is 1. The molecule has 8 heteroatoms. The van der Waals surface area contributed by atoms with Gasteiger partial charge in [0, 0.05) is 0 Å². The van der Waals surface area contributed by atoms with Gasteiger partial charge in [-0.3, -0.25) is 0 Å². The fraction of sp³-hybridized carbons (Fsp3) is 0.462. The van der Waals surface area contributed by atoms with E-state index in [1.807, 2.05) is 0 Å². The lowest BCUT2D eigenvalue weighted by Crippen LogP contribution is -2.57. The predicted molar refractivity (Wildman–Crippen MR) is 74.1 cm³/mol. The van der Waals surface area contributed by atoms with Gasteiger partial charge in [0.05, 0.1) is 21.6 Å². The molecule has 0 aromatic heterocycles. The van der Waals surface area contributed by atoms with Crippen molar-refractivity contribution in [1.29, 1.82) is 0 Å². The molecule has 0 aliphatic carbocycles. The molecule has 0 radical (unpaired) electrons. The Bertz CT molecular complexity index is 662. The van der Waals surface area contributed by atoms with E-state index in [1.165, 1.54) is 27.7 Å². The molecule has 1 aromatic carbocycles. The molecule has 0 spiro atoms. The molecule has 0 atom stereocenters. The fourth-order valence-corrected chi connectivity index (χ4v) is 2.91. The molecule has 0 saturated heterocycles. The summed E-state index contributed by atoms with van der Waals surface area (Å²) < 4.78 is 40.1. The number of carboxylic acids is 1. The highest BCUT2D eigenvalue weighted by Crippen LogP contribution is 2.24. The van der Waals surface area contributed by atoms with Gasteiger partial charge < -0.3 is 10.2 Å². The number of carboxylic acid groups (broad SMARTS) is 1. The van der Waals surface area contributed by atoms with Gasteiger partial charge in [0.25, 0.3) is 0 Å². The zero-order valence-electron chi connectivity index (χ0n) is 12.1. The van der Waals surface area contributed by atoms with Crippen LogP contribution in [0.5, 0.6) is 0 Å². The van der Waals surface area contributed by atoms with E-state index in [4.69, 9.17) is 5.11 Å². The van der Waals surface area contributed by atoms with Crippen LogP contribution in [0.4, 0.5) is 4.39 Å². The second kappa shape index (κ2) is 5.36.